The number of aryl methyl sites for hydroxylation is 2. The number of carbonyl (C=O) groups excluding carboxylic acids is 2. The molecule has 3 heterocycles. The number of hydrogen-bond donors (Lipinski definition) is 0. The summed E-state index contributed by atoms with van der Waals surface area (Å²) in [6.45, 7) is 3.15. The number of hydrogen-bond acceptors (Lipinski definition) is 8. The normalized spacial score (nSPS) is 14.2. The number of nitro groups is 1. The van der Waals surface area contributed by atoms with E-state index in [2.05, 4.69) is 22.3 Å². The van der Waals surface area contributed by atoms with Gasteiger partial charge in [-0.2, -0.15) is 5.10 Å². The minimum Gasteiger partial charge on any atom is -0.400 e. The topological polar surface area (TPSA) is 140 Å². The van der Waals surface area contributed by atoms with Crippen LogP contribution < -0.4 is 0 Å². The number of hydrazone groups is 1. The summed E-state index contributed by atoms with van der Waals surface area (Å²) in [5.41, 5.74) is 1.03. The molecule has 1 aliphatic heterocycles. The molecule has 0 unspecified atom stereocenters. The number of imide groups is 1. The number of urea groups is 1. The van der Waals surface area contributed by atoms with Gasteiger partial charge in [-0.1, -0.05) is 37.8 Å². The first kappa shape index (κ1) is 24.1. The largest absolute Gasteiger partial charge is 0.433 e. The van der Waals surface area contributed by atoms with Crippen LogP contribution in [0.3, 0.4) is 0 Å². The maximum atomic E-state index is 12.4. The minimum absolute atomic E-state index is 0.126. The van der Waals surface area contributed by atoms with Crippen LogP contribution in [0.1, 0.15) is 63.3 Å². The molecule has 2 aromatic heterocycles. The van der Waals surface area contributed by atoms with Gasteiger partial charge in [0.15, 0.2) is 5.76 Å². The Kier molecular flexibility index (Phi) is 8.67. The summed E-state index contributed by atoms with van der Waals surface area (Å²) in [5, 5.41) is 24.0. The standard InChI is InChI=1S/C21H29N7O5/c1-2-3-6-9-17-15-25(24-23-17)12-7-4-5-8-13-26-19(29)16-27(21(26)30)22-14-18-10-11-20(33-18)28(31)32/h10-11,14-15H,2-9,12-13,16H2,1H3/b22-14+. The van der Waals surface area contributed by atoms with E-state index >= 15 is 0 Å². The maximum Gasteiger partial charge on any atom is 0.433 e. The lowest BCUT2D eigenvalue weighted by Crippen LogP contribution is -2.32. The van der Waals surface area contributed by atoms with Crippen LogP contribution in [-0.2, 0) is 17.8 Å². The Hall–Kier alpha value is -3.57. The third-order valence-electron chi connectivity index (χ3n) is 5.30. The van der Waals surface area contributed by atoms with Gasteiger partial charge in [-0.05, 0) is 31.7 Å². The van der Waals surface area contributed by atoms with Gasteiger partial charge in [0, 0.05) is 19.3 Å². The van der Waals surface area contributed by atoms with Crippen LogP contribution in [0.25, 0.3) is 0 Å². The molecule has 1 saturated heterocycles. The van der Waals surface area contributed by atoms with E-state index in [4.69, 9.17) is 4.42 Å². The molecule has 0 saturated carbocycles. The third kappa shape index (κ3) is 6.96. The van der Waals surface area contributed by atoms with Crippen molar-refractivity contribution < 1.29 is 18.9 Å². The molecule has 12 nitrogen and oxygen atoms in total. The van der Waals surface area contributed by atoms with Crippen LogP contribution >= 0.6 is 0 Å². The molecule has 2 aromatic rings. The molecule has 1 fully saturated rings. The number of furan rings is 1. The summed E-state index contributed by atoms with van der Waals surface area (Å²) in [6, 6.07) is 2.06. The van der Waals surface area contributed by atoms with Crippen molar-refractivity contribution in [1.82, 2.24) is 24.9 Å². The lowest BCUT2D eigenvalue weighted by Gasteiger charge is -2.13. The summed E-state index contributed by atoms with van der Waals surface area (Å²) >= 11 is 0. The highest BCUT2D eigenvalue weighted by atomic mass is 16.6. The van der Waals surface area contributed by atoms with E-state index in [1.165, 1.54) is 36.1 Å². The summed E-state index contributed by atoms with van der Waals surface area (Å²) in [5.74, 6) is -0.611. The molecule has 33 heavy (non-hydrogen) atoms. The van der Waals surface area contributed by atoms with Crippen LogP contribution in [-0.4, -0.2) is 61.1 Å². The first-order valence-corrected chi connectivity index (χ1v) is 11.3. The second kappa shape index (κ2) is 11.9. The fourth-order valence-corrected chi connectivity index (χ4v) is 3.49. The van der Waals surface area contributed by atoms with Crippen molar-refractivity contribution in [2.24, 2.45) is 5.10 Å². The smallest absolute Gasteiger partial charge is 0.400 e. The van der Waals surface area contributed by atoms with Crippen LogP contribution in [0.15, 0.2) is 27.8 Å². The van der Waals surface area contributed by atoms with Crippen molar-refractivity contribution in [3.05, 3.63) is 39.9 Å². The molecule has 0 aromatic carbocycles. The second-order valence-electron chi connectivity index (χ2n) is 7.91. The first-order chi connectivity index (χ1) is 16.0. The van der Waals surface area contributed by atoms with Crippen LogP contribution in [0.2, 0.25) is 0 Å². The van der Waals surface area contributed by atoms with Crippen molar-refractivity contribution in [2.75, 3.05) is 13.1 Å². The van der Waals surface area contributed by atoms with Crippen molar-refractivity contribution in [2.45, 2.75) is 64.8 Å². The predicted octanol–water partition coefficient (Wildman–Crippen LogP) is 3.37. The number of amides is 3. The molecule has 0 radical (unpaired) electrons. The van der Waals surface area contributed by atoms with Gasteiger partial charge in [-0.15, -0.1) is 5.10 Å². The molecule has 0 aliphatic carbocycles. The Morgan fingerprint density at radius 3 is 2.67 bits per heavy atom. The molecule has 178 valence electrons. The number of carbonyl (C=O) groups is 2. The summed E-state index contributed by atoms with van der Waals surface area (Å²) < 4.78 is 6.83. The molecule has 3 amide bonds. The van der Waals surface area contributed by atoms with Crippen molar-refractivity contribution in [3.63, 3.8) is 0 Å². The van der Waals surface area contributed by atoms with Crippen molar-refractivity contribution in [1.29, 1.82) is 0 Å². The quantitative estimate of drug-likeness (QED) is 0.139. The van der Waals surface area contributed by atoms with Crippen molar-refractivity contribution >= 4 is 24.0 Å². The molecular weight excluding hydrogens is 430 g/mol. The van der Waals surface area contributed by atoms with Gasteiger partial charge in [0.25, 0.3) is 5.91 Å². The first-order valence-electron chi connectivity index (χ1n) is 11.3. The Balaban J connectivity index is 1.34. The highest BCUT2D eigenvalue weighted by Gasteiger charge is 2.35. The Labute approximate surface area is 191 Å². The molecule has 12 heteroatoms. The third-order valence-corrected chi connectivity index (χ3v) is 5.30. The van der Waals surface area contributed by atoms with Gasteiger partial charge >= 0.3 is 11.9 Å². The fraction of sp³-hybridized carbons (Fsp3) is 0.571. The highest BCUT2D eigenvalue weighted by Crippen LogP contribution is 2.16. The lowest BCUT2D eigenvalue weighted by atomic mass is 10.2. The van der Waals surface area contributed by atoms with Gasteiger partial charge < -0.3 is 4.42 Å². The zero-order valence-electron chi connectivity index (χ0n) is 18.8. The van der Waals surface area contributed by atoms with Gasteiger partial charge in [0.1, 0.15) is 11.5 Å². The van der Waals surface area contributed by atoms with Gasteiger partial charge in [-0.25, -0.2) is 9.80 Å². The number of rotatable bonds is 14. The Morgan fingerprint density at radius 2 is 1.94 bits per heavy atom. The maximum absolute atomic E-state index is 12.4. The van der Waals surface area contributed by atoms with E-state index in [1.54, 1.807) is 0 Å². The van der Waals surface area contributed by atoms with E-state index in [1.807, 2.05) is 10.9 Å². The Morgan fingerprint density at radius 1 is 1.15 bits per heavy atom. The van der Waals surface area contributed by atoms with Crippen LogP contribution in [0, 0.1) is 10.1 Å². The molecule has 1 aliphatic rings. The van der Waals surface area contributed by atoms with E-state index in [-0.39, 0.29) is 18.2 Å². The summed E-state index contributed by atoms with van der Waals surface area (Å²) in [7, 11) is 0. The number of nitrogens with zero attached hydrogens (tertiary/aromatic N) is 7. The summed E-state index contributed by atoms with van der Waals surface area (Å²) in [6.07, 6.45) is 11.2. The SMILES string of the molecule is CCCCCc1cn(CCCCCCN2C(=O)CN(/N=C/c3ccc([N+](=O)[O-])o3)C2=O)nn1. The van der Waals surface area contributed by atoms with Gasteiger partial charge in [0.2, 0.25) is 0 Å². The van der Waals surface area contributed by atoms with E-state index in [0.29, 0.717) is 13.0 Å². The molecule has 0 spiro atoms. The molecule has 0 atom stereocenters. The monoisotopic (exact) mass is 459 g/mol. The van der Waals surface area contributed by atoms with Crippen LogP contribution in [0.4, 0.5) is 10.7 Å². The molecule has 0 N–H and O–H groups in total. The lowest BCUT2D eigenvalue weighted by molar-refractivity contribution is -0.402. The van der Waals surface area contributed by atoms with Gasteiger partial charge in [-0.3, -0.25) is 24.5 Å². The zero-order chi connectivity index (χ0) is 23.6. The number of unbranched alkanes of at least 4 members (excludes halogenated alkanes) is 5. The zero-order valence-corrected chi connectivity index (χ0v) is 18.8. The number of aromatic nitrogens is 3. The van der Waals surface area contributed by atoms with E-state index in [9.17, 15) is 19.7 Å². The average Bonchev–Trinajstić information content (AvgIpc) is 3.50. The molecular formula is C21H29N7O5. The highest BCUT2D eigenvalue weighted by molar-refractivity contribution is 6.02. The molecule has 0 bridgehead atoms. The average molecular weight is 460 g/mol. The predicted molar refractivity (Wildman–Crippen MR) is 118 cm³/mol. The van der Waals surface area contributed by atoms with E-state index in [0.717, 1.165) is 49.4 Å². The van der Waals surface area contributed by atoms with Gasteiger partial charge in [0.05, 0.1) is 18.0 Å². The minimum atomic E-state index is -0.665. The fourth-order valence-electron chi connectivity index (χ4n) is 3.49. The summed E-state index contributed by atoms with van der Waals surface area (Å²) in [4.78, 5) is 35.7. The second-order valence-corrected chi connectivity index (χ2v) is 7.91. The van der Waals surface area contributed by atoms with Crippen LogP contribution in [0.5, 0.6) is 0 Å². The Bertz CT molecular complexity index is 983. The molecule has 3 rings (SSSR count). The van der Waals surface area contributed by atoms with Crippen molar-refractivity contribution in [3.8, 4) is 0 Å². The van der Waals surface area contributed by atoms with E-state index < -0.39 is 16.8 Å².